The van der Waals surface area contributed by atoms with Crippen molar-refractivity contribution in [3.8, 4) is 0 Å². The van der Waals surface area contributed by atoms with E-state index in [9.17, 15) is 0 Å². The Morgan fingerprint density at radius 3 is 2.75 bits per heavy atom. The average Bonchev–Trinajstić information content (AvgIpc) is 2.23. The van der Waals surface area contributed by atoms with Crippen LogP contribution in [0.5, 0.6) is 0 Å². The summed E-state index contributed by atoms with van der Waals surface area (Å²) in [6, 6.07) is 6.41. The van der Waals surface area contributed by atoms with Gasteiger partial charge in [-0.15, -0.1) is 6.58 Å². The molecule has 1 aromatic rings. The van der Waals surface area contributed by atoms with Gasteiger partial charge in [0.15, 0.2) is 0 Å². The van der Waals surface area contributed by atoms with Crippen LogP contribution in [0, 0.1) is 0 Å². The summed E-state index contributed by atoms with van der Waals surface area (Å²) < 4.78 is 0.947. The van der Waals surface area contributed by atoms with Crippen LogP contribution in [0.25, 0.3) is 0 Å². The summed E-state index contributed by atoms with van der Waals surface area (Å²) in [5, 5.41) is 4.06. The van der Waals surface area contributed by atoms with Crippen molar-refractivity contribution in [1.29, 1.82) is 0 Å². The predicted octanol–water partition coefficient (Wildman–Crippen LogP) is 4.72. The summed E-state index contributed by atoms with van der Waals surface area (Å²) in [5.74, 6) is 0. The molecule has 88 valence electrons. The monoisotopic (exact) mass is 301 g/mol. The van der Waals surface area contributed by atoms with Gasteiger partial charge in [0.1, 0.15) is 0 Å². The van der Waals surface area contributed by atoms with E-state index >= 15 is 0 Å². The summed E-state index contributed by atoms with van der Waals surface area (Å²) in [5.41, 5.74) is 2.47. The summed E-state index contributed by atoms with van der Waals surface area (Å²) in [6.45, 7) is 5.99. The minimum Gasteiger partial charge on any atom is -0.313 e. The molecular formula is C13H17BrClN. The van der Waals surface area contributed by atoms with Gasteiger partial charge in [0.05, 0.1) is 5.02 Å². The molecule has 3 heteroatoms. The SMILES string of the molecule is C=C(C)CCC(NC)c1ccc(Cl)c(Br)c1. The quantitative estimate of drug-likeness (QED) is 0.776. The first-order chi connectivity index (χ1) is 7.54. The number of hydrogen-bond acceptors (Lipinski definition) is 1. The molecule has 0 fully saturated rings. The van der Waals surface area contributed by atoms with Crippen molar-refractivity contribution in [1.82, 2.24) is 5.32 Å². The van der Waals surface area contributed by atoms with Crippen LogP contribution in [-0.2, 0) is 0 Å². The van der Waals surface area contributed by atoms with Gasteiger partial charge in [0, 0.05) is 10.5 Å². The molecule has 0 aliphatic heterocycles. The fourth-order valence-electron chi connectivity index (χ4n) is 1.60. The van der Waals surface area contributed by atoms with Crippen molar-refractivity contribution >= 4 is 27.5 Å². The molecule has 0 heterocycles. The van der Waals surface area contributed by atoms with E-state index in [-0.39, 0.29) is 0 Å². The molecule has 0 spiro atoms. The van der Waals surface area contributed by atoms with Gasteiger partial charge < -0.3 is 5.32 Å². The highest BCUT2D eigenvalue weighted by molar-refractivity contribution is 9.10. The highest BCUT2D eigenvalue weighted by Crippen LogP contribution is 2.28. The van der Waals surface area contributed by atoms with Crippen LogP contribution in [0.4, 0.5) is 0 Å². The molecule has 16 heavy (non-hydrogen) atoms. The van der Waals surface area contributed by atoms with E-state index in [0.29, 0.717) is 6.04 Å². The van der Waals surface area contributed by atoms with Crippen molar-refractivity contribution in [2.24, 2.45) is 0 Å². The minimum absolute atomic E-state index is 0.352. The zero-order chi connectivity index (χ0) is 12.1. The van der Waals surface area contributed by atoms with Crippen molar-refractivity contribution in [2.45, 2.75) is 25.8 Å². The first-order valence-electron chi connectivity index (χ1n) is 5.31. The van der Waals surface area contributed by atoms with Gasteiger partial charge in [-0.25, -0.2) is 0 Å². The molecule has 1 nitrogen and oxygen atoms in total. The molecule has 1 N–H and O–H groups in total. The number of rotatable bonds is 5. The van der Waals surface area contributed by atoms with Crippen LogP contribution in [-0.4, -0.2) is 7.05 Å². The van der Waals surface area contributed by atoms with Crippen LogP contribution in [0.15, 0.2) is 34.8 Å². The number of hydrogen-bond donors (Lipinski definition) is 1. The largest absolute Gasteiger partial charge is 0.313 e. The van der Waals surface area contributed by atoms with Gasteiger partial charge in [0.25, 0.3) is 0 Å². The zero-order valence-electron chi connectivity index (χ0n) is 9.69. The fourth-order valence-corrected chi connectivity index (χ4v) is 2.11. The molecule has 1 atom stereocenters. The van der Waals surface area contributed by atoms with Gasteiger partial charge >= 0.3 is 0 Å². The topological polar surface area (TPSA) is 12.0 Å². The molecule has 0 saturated heterocycles. The van der Waals surface area contributed by atoms with E-state index in [1.165, 1.54) is 11.1 Å². The second-order valence-corrected chi connectivity index (χ2v) is 5.27. The Morgan fingerprint density at radius 1 is 1.56 bits per heavy atom. The molecule has 0 aromatic heterocycles. The lowest BCUT2D eigenvalue weighted by atomic mass is 10.0. The van der Waals surface area contributed by atoms with Crippen molar-refractivity contribution in [2.75, 3.05) is 7.05 Å². The molecule has 0 saturated carbocycles. The smallest absolute Gasteiger partial charge is 0.0548 e. The normalized spacial score (nSPS) is 12.5. The fraction of sp³-hybridized carbons (Fsp3) is 0.385. The molecule has 0 aliphatic carbocycles. The third-order valence-electron chi connectivity index (χ3n) is 2.55. The maximum absolute atomic E-state index is 5.97. The van der Waals surface area contributed by atoms with E-state index in [0.717, 1.165) is 22.3 Å². The standard InChI is InChI=1S/C13H17BrClN/c1-9(2)4-7-13(16-3)10-5-6-12(15)11(14)8-10/h5-6,8,13,16H,1,4,7H2,2-3H3. The van der Waals surface area contributed by atoms with Crippen molar-refractivity contribution in [3.05, 3.63) is 45.4 Å². The highest BCUT2D eigenvalue weighted by Gasteiger charge is 2.10. The Bertz CT molecular complexity index is 376. The lowest BCUT2D eigenvalue weighted by Gasteiger charge is -2.17. The van der Waals surface area contributed by atoms with Gasteiger partial charge in [-0.1, -0.05) is 23.2 Å². The minimum atomic E-state index is 0.352. The number of nitrogens with one attached hydrogen (secondary N) is 1. The number of allylic oxidation sites excluding steroid dienone is 1. The van der Waals surface area contributed by atoms with Crippen LogP contribution in [0.3, 0.4) is 0 Å². The van der Waals surface area contributed by atoms with E-state index < -0.39 is 0 Å². The van der Waals surface area contributed by atoms with Gasteiger partial charge in [0.2, 0.25) is 0 Å². The van der Waals surface area contributed by atoms with E-state index in [1.807, 2.05) is 13.1 Å². The molecule has 0 radical (unpaired) electrons. The second-order valence-electron chi connectivity index (χ2n) is 4.01. The summed E-state index contributed by atoms with van der Waals surface area (Å²) >= 11 is 9.42. The number of halogens is 2. The molecule has 0 aliphatic rings. The van der Waals surface area contributed by atoms with Crippen LogP contribution in [0.2, 0.25) is 5.02 Å². The molecule has 1 unspecified atom stereocenters. The highest BCUT2D eigenvalue weighted by atomic mass is 79.9. The second kappa shape index (κ2) is 6.43. The Labute approximate surface area is 111 Å². The van der Waals surface area contributed by atoms with Crippen LogP contribution >= 0.6 is 27.5 Å². The van der Waals surface area contributed by atoms with Crippen LogP contribution in [0.1, 0.15) is 31.4 Å². The Hall–Kier alpha value is -0.310. The van der Waals surface area contributed by atoms with E-state index in [4.69, 9.17) is 11.6 Å². The Balaban J connectivity index is 2.78. The predicted molar refractivity (Wildman–Crippen MR) is 75.0 cm³/mol. The Morgan fingerprint density at radius 2 is 2.25 bits per heavy atom. The first kappa shape index (κ1) is 13.8. The maximum atomic E-state index is 5.97. The van der Waals surface area contributed by atoms with E-state index in [2.05, 4.69) is 46.9 Å². The van der Waals surface area contributed by atoms with Crippen molar-refractivity contribution in [3.63, 3.8) is 0 Å². The Kier molecular flexibility index (Phi) is 5.53. The molecular weight excluding hydrogens is 286 g/mol. The summed E-state index contributed by atoms with van der Waals surface area (Å²) in [4.78, 5) is 0. The number of benzene rings is 1. The lowest BCUT2D eigenvalue weighted by Crippen LogP contribution is -2.16. The maximum Gasteiger partial charge on any atom is 0.0548 e. The third-order valence-corrected chi connectivity index (χ3v) is 3.77. The van der Waals surface area contributed by atoms with Crippen molar-refractivity contribution < 1.29 is 0 Å². The van der Waals surface area contributed by atoms with E-state index in [1.54, 1.807) is 0 Å². The van der Waals surface area contributed by atoms with Crippen LogP contribution < -0.4 is 5.32 Å². The summed E-state index contributed by atoms with van der Waals surface area (Å²) in [7, 11) is 1.98. The zero-order valence-corrected chi connectivity index (χ0v) is 12.0. The molecule has 1 aromatic carbocycles. The van der Waals surface area contributed by atoms with Gasteiger partial charge in [-0.05, 0) is 60.4 Å². The first-order valence-corrected chi connectivity index (χ1v) is 6.48. The average molecular weight is 303 g/mol. The third kappa shape index (κ3) is 3.93. The van der Waals surface area contributed by atoms with Gasteiger partial charge in [-0.3, -0.25) is 0 Å². The van der Waals surface area contributed by atoms with Gasteiger partial charge in [-0.2, -0.15) is 0 Å². The lowest BCUT2D eigenvalue weighted by molar-refractivity contribution is 0.548. The molecule has 0 bridgehead atoms. The summed E-state index contributed by atoms with van der Waals surface area (Å²) in [6.07, 6.45) is 2.09. The molecule has 0 amide bonds. The molecule has 1 rings (SSSR count).